The number of hydrogen-bond donors (Lipinski definition) is 2. The summed E-state index contributed by atoms with van der Waals surface area (Å²) in [5.41, 5.74) is 3.40. The molecule has 0 saturated carbocycles. The average molecular weight is 349 g/mol. The van der Waals surface area contributed by atoms with Crippen molar-refractivity contribution in [3.05, 3.63) is 17.0 Å². The Morgan fingerprint density at radius 1 is 1.44 bits per heavy atom. The van der Waals surface area contributed by atoms with Gasteiger partial charge in [0.1, 0.15) is 0 Å². The zero-order chi connectivity index (χ0) is 18.0. The van der Waals surface area contributed by atoms with E-state index in [4.69, 9.17) is 4.74 Å². The first-order chi connectivity index (χ1) is 11.9. The number of carbonyl (C=O) groups is 1. The van der Waals surface area contributed by atoms with Crippen molar-refractivity contribution in [2.45, 2.75) is 58.2 Å². The molecule has 3 atom stereocenters. The van der Waals surface area contributed by atoms with Crippen LogP contribution in [0.2, 0.25) is 0 Å². The summed E-state index contributed by atoms with van der Waals surface area (Å²) in [7, 11) is 1.95. The standard InChI is InChI=1S/C18H31N5O2/c1-12(8-17-13(2)21-22(4)14(17)3)20-18(24)19-9-16-10-23-7-5-6-15(23)11-25-16/h12,15-16H,5-11H2,1-4H3,(H2,19,20,24)/t12-,15-,16-/m0/s1. The highest BCUT2D eigenvalue weighted by Gasteiger charge is 2.32. The lowest BCUT2D eigenvalue weighted by Crippen LogP contribution is -2.51. The Kier molecular flexibility index (Phi) is 5.64. The third-order valence-electron chi connectivity index (χ3n) is 5.50. The molecule has 7 heteroatoms. The lowest BCUT2D eigenvalue weighted by atomic mass is 10.1. The van der Waals surface area contributed by atoms with Crippen LogP contribution in [0.3, 0.4) is 0 Å². The van der Waals surface area contributed by atoms with Gasteiger partial charge in [0.15, 0.2) is 0 Å². The minimum atomic E-state index is -0.126. The highest BCUT2D eigenvalue weighted by atomic mass is 16.5. The van der Waals surface area contributed by atoms with Gasteiger partial charge in [-0.2, -0.15) is 5.10 Å². The van der Waals surface area contributed by atoms with E-state index in [9.17, 15) is 4.79 Å². The largest absolute Gasteiger partial charge is 0.373 e. The number of morpholine rings is 1. The van der Waals surface area contributed by atoms with E-state index >= 15 is 0 Å². The van der Waals surface area contributed by atoms with E-state index in [0.717, 1.165) is 37.5 Å². The Balaban J connectivity index is 1.41. The molecular weight excluding hydrogens is 318 g/mol. The molecule has 2 amide bonds. The molecule has 0 unspecified atom stereocenters. The van der Waals surface area contributed by atoms with Gasteiger partial charge in [-0.25, -0.2) is 4.79 Å². The summed E-state index contributed by atoms with van der Waals surface area (Å²) in [6.07, 6.45) is 3.39. The van der Waals surface area contributed by atoms with Gasteiger partial charge in [0.05, 0.1) is 18.4 Å². The molecule has 0 aliphatic carbocycles. The summed E-state index contributed by atoms with van der Waals surface area (Å²) in [5, 5.41) is 10.4. The maximum absolute atomic E-state index is 12.2. The van der Waals surface area contributed by atoms with E-state index in [1.807, 2.05) is 25.6 Å². The third kappa shape index (κ3) is 4.33. The second-order valence-corrected chi connectivity index (χ2v) is 7.48. The maximum atomic E-state index is 12.2. The Bertz CT molecular complexity index is 615. The molecular formula is C18H31N5O2. The van der Waals surface area contributed by atoms with E-state index < -0.39 is 0 Å². The van der Waals surface area contributed by atoms with Crippen LogP contribution in [0.1, 0.15) is 36.7 Å². The molecule has 0 spiro atoms. The van der Waals surface area contributed by atoms with Gasteiger partial charge in [0.2, 0.25) is 0 Å². The third-order valence-corrected chi connectivity index (χ3v) is 5.50. The average Bonchev–Trinajstić information content (AvgIpc) is 3.12. The molecule has 0 radical (unpaired) electrons. The minimum Gasteiger partial charge on any atom is -0.373 e. The van der Waals surface area contributed by atoms with Crippen molar-refractivity contribution in [2.24, 2.45) is 7.05 Å². The second-order valence-electron chi connectivity index (χ2n) is 7.48. The Labute approximate surface area is 150 Å². The number of rotatable bonds is 5. The summed E-state index contributed by atoms with van der Waals surface area (Å²) >= 11 is 0. The van der Waals surface area contributed by atoms with Crippen molar-refractivity contribution in [3.63, 3.8) is 0 Å². The van der Waals surface area contributed by atoms with Crippen molar-refractivity contribution >= 4 is 6.03 Å². The molecule has 2 aliphatic heterocycles. The fraction of sp³-hybridized carbons (Fsp3) is 0.778. The molecule has 2 saturated heterocycles. The summed E-state index contributed by atoms with van der Waals surface area (Å²) in [6.45, 7) is 9.55. The summed E-state index contributed by atoms with van der Waals surface area (Å²) in [5.74, 6) is 0. The van der Waals surface area contributed by atoms with Gasteiger partial charge in [-0.15, -0.1) is 0 Å². The summed E-state index contributed by atoms with van der Waals surface area (Å²) in [6, 6.07) is 0.520. The normalized spacial score (nSPS) is 24.8. The Morgan fingerprint density at radius 3 is 2.96 bits per heavy atom. The number of amides is 2. The number of aromatic nitrogens is 2. The number of fused-ring (bicyclic) bond motifs is 1. The molecule has 1 aromatic rings. The first kappa shape index (κ1) is 18.2. The SMILES string of the molecule is Cc1nn(C)c(C)c1C[C@H](C)NC(=O)NC[C@H]1CN2CCC[C@H]2CO1. The van der Waals surface area contributed by atoms with Crippen molar-refractivity contribution in [3.8, 4) is 0 Å². The van der Waals surface area contributed by atoms with Crippen LogP contribution in [-0.2, 0) is 18.2 Å². The molecule has 2 fully saturated rings. The fourth-order valence-electron chi connectivity index (χ4n) is 3.96. The van der Waals surface area contributed by atoms with Crippen molar-refractivity contribution in [1.29, 1.82) is 0 Å². The summed E-state index contributed by atoms with van der Waals surface area (Å²) < 4.78 is 7.77. The predicted molar refractivity (Wildman–Crippen MR) is 96.7 cm³/mol. The monoisotopic (exact) mass is 349 g/mol. The lowest BCUT2D eigenvalue weighted by molar-refractivity contribution is -0.0458. The molecule has 0 bridgehead atoms. The number of hydrogen-bond acceptors (Lipinski definition) is 4. The molecule has 2 aliphatic rings. The zero-order valence-corrected chi connectivity index (χ0v) is 15.8. The molecule has 3 rings (SSSR count). The van der Waals surface area contributed by atoms with Crippen LogP contribution in [0.25, 0.3) is 0 Å². The van der Waals surface area contributed by atoms with E-state index in [-0.39, 0.29) is 18.2 Å². The number of carbonyl (C=O) groups excluding carboxylic acids is 1. The van der Waals surface area contributed by atoms with Gasteiger partial charge in [0.25, 0.3) is 0 Å². The van der Waals surface area contributed by atoms with Crippen molar-refractivity contribution in [2.75, 3.05) is 26.2 Å². The van der Waals surface area contributed by atoms with E-state index in [1.165, 1.54) is 18.4 Å². The number of nitrogens with one attached hydrogen (secondary N) is 2. The van der Waals surface area contributed by atoms with Crippen LogP contribution in [0.15, 0.2) is 0 Å². The highest BCUT2D eigenvalue weighted by Crippen LogP contribution is 2.22. The van der Waals surface area contributed by atoms with Crippen molar-refractivity contribution < 1.29 is 9.53 Å². The molecule has 0 aromatic carbocycles. The number of aryl methyl sites for hydroxylation is 2. The van der Waals surface area contributed by atoms with E-state index in [1.54, 1.807) is 0 Å². The molecule has 2 N–H and O–H groups in total. The lowest BCUT2D eigenvalue weighted by Gasteiger charge is -2.35. The minimum absolute atomic E-state index is 0.0526. The first-order valence-electron chi connectivity index (χ1n) is 9.33. The van der Waals surface area contributed by atoms with Gasteiger partial charge in [-0.1, -0.05) is 0 Å². The fourth-order valence-corrected chi connectivity index (χ4v) is 3.96. The second kappa shape index (κ2) is 7.74. The van der Waals surface area contributed by atoms with Gasteiger partial charge in [-0.05, 0) is 52.1 Å². The highest BCUT2D eigenvalue weighted by molar-refractivity contribution is 5.74. The topological polar surface area (TPSA) is 71.4 Å². The number of nitrogens with zero attached hydrogens (tertiary/aromatic N) is 3. The van der Waals surface area contributed by atoms with Crippen LogP contribution >= 0.6 is 0 Å². The molecule has 7 nitrogen and oxygen atoms in total. The Morgan fingerprint density at radius 2 is 2.24 bits per heavy atom. The number of ether oxygens (including phenoxy) is 1. The quantitative estimate of drug-likeness (QED) is 0.836. The van der Waals surface area contributed by atoms with E-state index in [0.29, 0.717) is 12.6 Å². The van der Waals surface area contributed by atoms with Crippen LogP contribution < -0.4 is 10.6 Å². The summed E-state index contributed by atoms with van der Waals surface area (Å²) in [4.78, 5) is 14.7. The van der Waals surface area contributed by atoms with Gasteiger partial charge in [0, 0.05) is 37.9 Å². The van der Waals surface area contributed by atoms with Crippen molar-refractivity contribution in [1.82, 2.24) is 25.3 Å². The molecule has 140 valence electrons. The maximum Gasteiger partial charge on any atom is 0.315 e. The van der Waals surface area contributed by atoms with Gasteiger partial charge < -0.3 is 15.4 Å². The smallest absolute Gasteiger partial charge is 0.315 e. The van der Waals surface area contributed by atoms with Crippen LogP contribution in [0, 0.1) is 13.8 Å². The Hall–Kier alpha value is -1.60. The van der Waals surface area contributed by atoms with E-state index in [2.05, 4.69) is 27.6 Å². The van der Waals surface area contributed by atoms with Gasteiger partial charge >= 0.3 is 6.03 Å². The van der Waals surface area contributed by atoms with Crippen LogP contribution in [0.5, 0.6) is 0 Å². The first-order valence-corrected chi connectivity index (χ1v) is 9.33. The van der Waals surface area contributed by atoms with Gasteiger partial charge in [-0.3, -0.25) is 9.58 Å². The van der Waals surface area contributed by atoms with Crippen LogP contribution in [-0.4, -0.2) is 65.1 Å². The molecule has 1 aromatic heterocycles. The molecule has 25 heavy (non-hydrogen) atoms. The number of urea groups is 1. The predicted octanol–water partition coefficient (Wildman–Crippen LogP) is 1.13. The van der Waals surface area contributed by atoms with Crippen LogP contribution in [0.4, 0.5) is 4.79 Å². The zero-order valence-electron chi connectivity index (χ0n) is 15.8. The molecule has 3 heterocycles.